The standard InChI is InChI=1S/C12H25IN2O/c1-9(2)14-10(3)7-11(4)15-5-6-16-12(13)8-15/h9-12,14H,5-8H2,1-4H3. The maximum Gasteiger partial charge on any atom is 0.121 e. The van der Waals surface area contributed by atoms with E-state index in [1.54, 1.807) is 0 Å². The van der Waals surface area contributed by atoms with Gasteiger partial charge < -0.3 is 10.1 Å². The van der Waals surface area contributed by atoms with Crippen LogP contribution in [0.1, 0.15) is 34.1 Å². The average molecular weight is 340 g/mol. The van der Waals surface area contributed by atoms with Gasteiger partial charge in [0.1, 0.15) is 4.11 Å². The smallest absolute Gasteiger partial charge is 0.121 e. The molecule has 1 N–H and O–H groups in total. The van der Waals surface area contributed by atoms with Crippen LogP contribution in [0.15, 0.2) is 0 Å². The van der Waals surface area contributed by atoms with Crippen LogP contribution >= 0.6 is 22.6 Å². The Morgan fingerprint density at radius 1 is 1.38 bits per heavy atom. The van der Waals surface area contributed by atoms with Crippen molar-refractivity contribution in [1.82, 2.24) is 10.2 Å². The van der Waals surface area contributed by atoms with E-state index in [4.69, 9.17) is 4.74 Å². The first-order valence-corrected chi connectivity index (χ1v) is 7.49. The van der Waals surface area contributed by atoms with Gasteiger partial charge in [-0.1, -0.05) is 13.8 Å². The quantitative estimate of drug-likeness (QED) is 0.614. The SMILES string of the molecule is CC(C)NC(C)CC(C)N1CCOC(I)C1. The van der Waals surface area contributed by atoms with Gasteiger partial charge in [0, 0.05) is 31.2 Å². The Morgan fingerprint density at radius 3 is 2.62 bits per heavy atom. The Morgan fingerprint density at radius 2 is 2.06 bits per heavy atom. The van der Waals surface area contributed by atoms with Crippen molar-refractivity contribution in [2.24, 2.45) is 0 Å². The van der Waals surface area contributed by atoms with Crippen molar-refractivity contribution in [2.75, 3.05) is 19.7 Å². The molecule has 1 saturated heterocycles. The van der Waals surface area contributed by atoms with E-state index in [2.05, 4.69) is 60.5 Å². The van der Waals surface area contributed by atoms with E-state index in [0.29, 0.717) is 22.2 Å². The molecule has 1 fully saturated rings. The summed E-state index contributed by atoms with van der Waals surface area (Å²) < 4.78 is 5.92. The van der Waals surface area contributed by atoms with Crippen molar-refractivity contribution in [3.05, 3.63) is 0 Å². The minimum absolute atomic E-state index is 0.363. The number of alkyl halides is 1. The summed E-state index contributed by atoms with van der Waals surface area (Å²) in [5.41, 5.74) is 0. The molecule has 1 heterocycles. The van der Waals surface area contributed by atoms with Crippen molar-refractivity contribution in [3.63, 3.8) is 0 Å². The summed E-state index contributed by atoms with van der Waals surface area (Å²) in [5.74, 6) is 0. The van der Waals surface area contributed by atoms with E-state index in [1.807, 2.05) is 0 Å². The van der Waals surface area contributed by atoms with E-state index in [-0.39, 0.29) is 0 Å². The monoisotopic (exact) mass is 340 g/mol. The fraction of sp³-hybridized carbons (Fsp3) is 1.00. The molecule has 0 saturated carbocycles. The minimum Gasteiger partial charge on any atom is -0.365 e. The molecule has 16 heavy (non-hydrogen) atoms. The number of nitrogens with one attached hydrogen (secondary N) is 1. The van der Waals surface area contributed by atoms with Crippen LogP contribution in [-0.4, -0.2) is 46.8 Å². The fourth-order valence-electron chi connectivity index (χ4n) is 2.32. The van der Waals surface area contributed by atoms with Crippen LogP contribution in [0.4, 0.5) is 0 Å². The lowest BCUT2D eigenvalue weighted by Crippen LogP contribution is -2.47. The highest BCUT2D eigenvalue weighted by molar-refractivity contribution is 14.1. The lowest BCUT2D eigenvalue weighted by atomic mass is 10.1. The van der Waals surface area contributed by atoms with Gasteiger partial charge in [-0.25, -0.2) is 0 Å². The van der Waals surface area contributed by atoms with Gasteiger partial charge in [-0.2, -0.15) is 0 Å². The highest BCUT2D eigenvalue weighted by Gasteiger charge is 2.23. The number of hydrogen-bond acceptors (Lipinski definition) is 3. The third-order valence-corrected chi connectivity index (χ3v) is 3.74. The van der Waals surface area contributed by atoms with E-state index >= 15 is 0 Å². The lowest BCUT2D eigenvalue weighted by molar-refractivity contribution is 0.00697. The molecule has 3 atom stereocenters. The molecule has 0 bridgehead atoms. The molecule has 3 nitrogen and oxygen atoms in total. The van der Waals surface area contributed by atoms with Gasteiger partial charge in [-0.05, 0) is 42.9 Å². The molecular weight excluding hydrogens is 315 g/mol. The Kier molecular flexibility index (Phi) is 6.54. The van der Waals surface area contributed by atoms with Crippen LogP contribution in [0.25, 0.3) is 0 Å². The number of rotatable bonds is 5. The third kappa shape index (κ3) is 5.29. The number of nitrogens with zero attached hydrogens (tertiary/aromatic N) is 1. The zero-order valence-corrected chi connectivity index (χ0v) is 13.0. The van der Waals surface area contributed by atoms with Crippen molar-refractivity contribution < 1.29 is 4.74 Å². The predicted molar refractivity (Wildman–Crippen MR) is 77.1 cm³/mol. The summed E-state index contributed by atoms with van der Waals surface area (Å²) in [6, 6.07) is 1.80. The topological polar surface area (TPSA) is 24.5 Å². The number of halogens is 1. The third-order valence-electron chi connectivity index (χ3n) is 2.99. The molecule has 0 amide bonds. The molecule has 0 aromatic heterocycles. The van der Waals surface area contributed by atoms with Gasteiger partial charge in [0.25, 0.3) is 0 Å². The summed E-state index contributed by atoms with van der Waals surface area (Å²) in [7, 11) is 0. The highest BCUT2D eigenvalue weighted by atomic mass is 127. The second kappa shape index (κ2) is 7.13. The van der Waals surface area contributed by atoms with Crippen LogP contribution in [0.2, 0.25) is 0 Å². The van der Waals surface area contributed by atoms with E-state index in [9.17, 15) is 0 Å². The Hall–Kier alpha value is 0.610. The molecule has 1 aliphatic rings. The Bertz CT molecular complexity index is 201. The summed E-state index contributed by atoms with van der Waals surface area (Å²) in [6.07, 6.45) is 1.21. The number of ether oxygens (including phenoxy) is 1. The van der Waals surface area contributed by atoms with Crippen LogP contribution in [-0.2, 0) is 4.74 Å². The van der Waals surface area contributed by atoms with E-state index in [0.717, 1.165) is 19.7 Å². The zero-order valence-electron chi connectivity index (χ0n) is 10.9. The number of morpholine rings is 1. The highest BCUT2D eigenvalue weighted by Crippen LogP contribution is 2.16. The Labute approximate surface area is 113 Å². The van der Waals surface area contributed by atoms with Gasteiger partial charge in [0.15, 0.2) is 0 Å². The molecule has 96 valence electrons. The summed E-state index contributed by atoms with van der Waals surface area (Å²) in [6.45, 7) is 12.0. The van der Waals surface area contributed by atoms with Crippen molar-refractivity contribution in [2.45, 2.75) is 56.4 Å². The van der Waals surface area contributed by atoms with Crippen molar-refractivity contribution in [1.29, 1.82) is 0 Å². The van der Waals surface area contributed by atoms with Gasteiger partial charge in [0.2, 0.25) is 0 Å². The first-order chi connectivity index (χ1) is 7.49. The van der Waals surface area contributed by atoms with Crippen LogP contribution in [0.3, 0.4) is 0 Å². The molecule has 1 aliphatic heterocycles. The van der Waals surface area contributed by atoms with Crippen LogP contribution in [0.5, 0.6) is 0 Å². The molecule has 0 aromatic rings. The molecular formula is C12H25IN2O. The molecule has 4 heteroatoms. The number of hydrogen-bond donors (Lipinski definition) is 1. The van der Waals surface area contributed by atoms with Gasteiger partial charge in [-0.15, -0.1) is 0 Å². The summed E-state index contributed by atoms with van der Waals surface area (Å²) in [4.78, 5) is 2.54. The summed E-state index contributed by atoms with van der Waals surface area (Å²) >= 11 is 2.38. The Balaban J connectivity index is 2.30. The normalized spacial score (nSPS) is 27.0. The molecule has 0 spiro atoms. The second-order valence-electron chi connectivity index (χ2n) is 5.08. The first kappa shape index (κ1) is 14.7. The molecule has 1 rings (SSSR count). The van der Waals surface area contributed by atoms with Gasteiger partial charge >= 0.3 is 0 Å². The van der Waals surface area contributed by atoms with Crippen molar-refractivity contribution >= 4 is 22.6 Å². The molecule has 0 radical (unpaired) electrons. The maximum absolute atomic E-state index is 5.56. The zero-order chi connectivity index (χ0) is 12.1. The fourth-order valence-corrected chi connectivity index (χ4v) is 3.08. The molecule has 0 aliphatic carbocycles. The lowest BCUT2D eigenvalue weighted by Gasteiger charge is -2.36. The van der Waals surface area contributed by atoms with E-state index < -0.39 is 0 Å². The minimum atomic E-state index is 0.363. The average Bonchev–Trinajstić information content (AvgIpc) is 2.16. The molecule has 0 aromatic carbocycles. The van der Waals surface area contributed by atoms with Gasteiger partial charge in [0.05, 0.1) is 6.61 Å². The first-order valence-electron chi connectivity index (χ1n) is 6.24. The summed E-state index contributed by atoms with van der Waals surface area (Å²) in [5, 5.41) is 3.56. The second-order valence-corrected chi connectivity index (χ2v) is 6.47. The largest absolute Gasteiger partial charge is 0.365 e. The van der Waals surface area contributed by atoms with Gasteiger partial charge in [-0.3, -0.25) is 4.90 Å². The van der Waals surface area contributed by atoms with Crippen LogP contribution < -0.4 is 5.32 Å². The van der Waals surface area contributed by atoms with E-state index in [1.165, 1.54) is 6.42 Å². The van der Waals surface area contributed by atoms with Crippen LogP contribution in [0, 0.1) is 0 Å². The maximum atomic E-state index is 5.56. The predicted octanol–water partition coefficient (Wildman–Crippen LogP) is 2.24. The van der Waals surface area contributed by atoms with Crippen molar-refractivity contribution in [3.8, 4) is 0 Å². The molecule has 3 unspecified atom stereocenters.